The summed E-state index contributed by atoms with van der Waals surface area (Å²) in [5, 5.41) is 8.33. The third kappa shape index (κ3) is 4.41. The number of rotatable bonds is 1. The van der Waals surface area contributed by atoms with E-state index in [2.05, 4.69) is 10.2 Å². The summed E-state index contributed by atoms with van der Waals surface area (Å²) in [5.41, 5.74) is -0.0992. The summed E-state index contributed by atoms with van der Waals surface area (Å²) in [5.74, 6) is 0. The lowest BCUT2D eigenvalue weighted by atomic mass is 9.87. The van der Waals surface area contributed by atoms with Crippen LogP contribution < -0.4 is 0 Å². The van der Waals surface area contributed by atoms with Gasteiger partial charge in [-0.15, -0.1) is 0 Å². The fourth-order valence-electron chi connectivity index (χ4n) is 1.88. The molecule has 2 nitrogen and oxygen atoms in total. The van der Waals surface area contributed by atoms with Crippen LogP contribution in [0.15, 0.2) is 58.8 Å². The lowest BCUT2D eigenvalue weighted by Gasteiger charge is -2.32. The first-order chi connectivity index (χ1) is 10.9. The highest BCUT2D eigenvalue weighted by Crippen LogP contribution is 2.48. The number of allylic oxidation sites excluding steroid dienone is 8. The highest BCUT2D eigenvalue weighted by Gasteiger charge is 2.42. The van der Waals surface area contributed by atoms with E-state index in [9.17, 15) is 0 Å². The standard InChI is InChI=1S/C16H14Cl6N2/c1-13(15(17,18)19)7-3-11(4-8-13)23-24-12-5-9-14(2,10-6-12)16(20,21)22/h3-10H,1-2H3. The van der Waals surface area contributed by atoms with Gasteiger partial charge in [-0.1, -0.05) is 93.9 Å². The van der Waals surface area contributed by atoms with Crippen LogP contribution in [0.2, 0.25) is 0 Å². The van der Waals surface area contributed by atoms with Gasteiger partial charge in [-0.3, -0.25) is 0 Å². The van der Waals surface area contributed by atoms with Crippen molar-refractivity contribution in [3.63, 3.8) is 0 Å². The molecule has 0 aromatic heterocycles. The zero-order valence-electron chi connectivity index (χ0n) is 12.8. The van der Waals surface area contributed by atoms with Gasteiger partial charge in [-0.2, -0.15) is 10.2 Å². The molecule has 0 atom stereocenters. The van der Waals surface area contributed by atoms with Crippen LogP contribution in [0.3, 0.4) is 0 Å². The molecule has 0 unspecified atom stereocenters. The molecule has 0 bridgehead atoms. The first kappa shape index (κ1) is 20.4. The molecule has 0 N–H and O–H groups in total. The van der Waals surface area contributed by atoms with Gasteiger partial charge in [0.1, 0.15) is 0 Å². The second-order valence-corrected chi connectivity index (χ2v) is 10.5. The topological polar surface area (TPSA) is 24.7 Å². The normalized spacial score (nSPS) is 30.0. The summed E-state index contributed by atoms with van der Waals surface area (Å²) in [6.07, 6.45) is 14.2. The van der Waals surface area contributed by atoms with Gasteiger partial charge in [-0.25, -0.2) is 0 Å². The lowest BCUT2D eigenvalue weighted by molar-refractivity contribution is 0.565. The fourth-order valence-corrected chi connectivity index (χ4v) is 2.64. The summed E-state index contributed by atoms with van der Waals surface area (Å²) in [7, 11) is 0. The SMILES string of the molecule is CC1(C(Cl)(Cl)Cl)C=CC(=NN=C2C=CC(C)(C(Cl)(Cl)Cl)C=C2)C=C1. The van der Waals surface area contributed by atoms with Crippen molar-refractivity contribution in [3.8, 4) is 0 Å². The molecule has 0 heterocycles. The molecule has 0 fully saturated rings. The Kier molecular flexibility index (Phi) is 5.92. The molecular formula is C16H14Cl6N2. The minimum atomic E-state index is -1.44. The minimum Gasteiger partial charge on any atom is -0.151 e. The summed E-state index contributed by atoms with van der Waals surface area (Å²) in [6.45, 7) is 3.64. The number of alkyl halides is 6. The molecule has 8 heteroatoms. The van der Waals surface area contributed by atoms with E-state index in [1.807, 2.05) is 13.8 Å². The summed E-state index contributed by atoms with van der Waals surface area (Å²) in [6, 6.07) is 0. The van der Waals surface area contributed by atoms with Crippen LogP contribution in [0, 0.1) is 10.8 Å². The van der Waals surface area contributed by atoms with E-state index in [0.29, 0.717) is 11.4 Å². The Labute approximate surface area is 171 Å². The van der Waals surface area contributed by atoms with Gasteiger partial charge in [0.15, 0.2) is 0 Å². The predicted octanol–water partition coefficient (Wildman–Crippen LogP) is 6.79. The van der Waals surface area contributed by atoms with Crippen LogP contribution in [0.5, 0.6) is 0 Å². The lowest BCUT2D eigenvalue weighted by Crippen LogP contribution is -2.30. The molecule has 0 spiro atoms. The fraction of sp³-hybridized carbons (Fsp3) is 0.375. The summed E-state index contributed by atoms with van der Waals surface area (Å²) >= 11 is 35.8. The molecular weight excluding hydrogens is 433 g/mol. The first-order valence-electron chi connectivity index (χ1n) is 6.92. The second-order valence-electron chi connectivity index (χ2n) is 5.94. The Morgan fingerprint density at radius 3 is 1.08 bits per heavy atom. The maximum atomic E-state index is 5.97. The van der Waals surface area contributed by atoms with Gasteiger partial charge in [0, 0.05) is 0 Å². The van der Waals surface area contributed by atoms with Gasteiger partial charge in [0.2, 0.25) is 7.59 Å². The molecule has 24 heavy (non-hydrogen) atoms. The van der Waals surface area contributed by atoms with Gasteiger partial charge >= 0.3 is 0 Å². The molecule has 2 aliphatic rings. The van der Waals surface area contributed by atoms with E-state index >= 15 is 0 Å². The van der Waals surface area contributed by atoms with Crippen molar-refractivity contribution in [2.75, 3.05) is 0 Å². The Hall–Kier alpha value is 0.0400. The van der Waals surface area contributed by atoms with Crippen LogP contribution in [0.4, 0.5) is 0 Å². The van der Waals surface area contributed by atoms with Crippen molar-refractivity contribution in [1.82, 2.24) is 0 Å². The van der Waals surface area contributed by atoms with Crippen molar-refractivity contribution in [3.05, 3.63) is 48.6 Å². The van der Waals surface area contributed by atoms with Crippen molar-refractivity contribution in [2.24, 2.45) is 21.0 Å². The molecule has 0 amide bonds. The van der Waals surface area contributed by atoms with Crippen molar-refractivity contribution in [1.29, 1.82) is 0 Å². The largest absolute Gasteiger partial charge is 0.202 e. The van der Waals surface area contributed by atoms with E-state index in [1.54, 1.807) is 48.6 Å². The van der Waals surface area contributed by atoms with E-state index < -0.39 is 18.4 Å². The van der Waals surface area contributed by atoms with E-state index in [0.717, 1.165) is 0 Å². The average Bonchev–Trinajstić information content (AvgIpc) is 2.46. The van der Waals surface area contributed by atoms with Crippen LogP contribution in [-0.2, 0) is 0 Å². The molecule has 0 aromatic carbocycles. The number of nitrogens with zero attached hydrogens (tertiary/aromatic N) is 2. The number of hydrogen-bond acceptors (Lipinski definition) is 2. The smallest absolute Gasteiger partial charge is 0.151 e. The van der Waals surface area contributed by atoms with Crippen LogP contribution >= 0.6 is 69.6 Å². The molecule has 0 aliphatic heterocycles. The molecule has 2 aliphatic carbocycles. The first-order valence-corrected chi connectivity index (χ1v) is 9.19. The summed E-state index contributed by atoms with van der Waals surface area (Å²) < 4.78 is -2.87. The number of hydrogen-bond donors (Lipinski definition) is 0. The molecule has 130 valence electrons. The zero-order chi connectivity index (χ0) is 18.2. The van der Waals surface area contributed by atoms with E-state index in [4.69, 9.17) is 69.6 Å². The second kappa shape index (κ2) is 6.98. The monoisotopic (exact) mass is 444 g/mol. The highest BCUT2D eigenvalue weighted by atomic mass is 35.6. The molecule has 0 radical (unpaired) electrons. The van der Waals surface area contributed by atoms with Crippen molar-refractivity contribution < 1.29 is 0 Å². The molecule has 0 saturated carbocycles. The Bertz CT molecular complexity index is 594. The average molecular weight is 447 g/mol. The van der Waals surface area contributed by atoms with Gasteiger partial charge in [0.05, 0.1) is 22.3 Å². The summed E-state index contributed by atoms with van der Waals surface area (Å²) in [4.78, 5) is 0. The third-order valence-electron chi connectivity index (χ3n) is 3.90. The Morgan fingerprint density at radius 1 is 0.625 bits per heavy atom. The predicted molar refractivity (Wildman–Crippen MR) is 108 cm³/mol. The van der Waals surface area contributed by atoms with E-state index in [-0.39, 0.29) is 0 Å². The zero-order valence-corrected chi connectivity index (χ0v) is 17.3. The Morgan fingerprint density at radius 2 is 0.875 bits per heavy atom. The minimum absolute atomic E-state index is 0.644. The molecule has 2 rings (SSSR count). The quantitative estimate of drug-likeness (QED) is 0.313. The highest BCUT2D eigenvalue weighted by molar-refractivity contribution is 6.68. The van der Waals surface area contributed by atoms with Crippen LogP contribution in [0.1, 0.15) is 13.8 Å². The third-order valence-corrected chi connectivity index (χ3v) is 6.35. The van der Waals surface area contributed by atoms with E-state index in [1.165, 1.54) is 0 Å². The van der Waals surface area contributed by atoms with Gasteiger partial charge in [0.25, 0.3) is 0 Å². The molecule has 0 aromatic rings. The Balaban J connectivity index is 2.13. The van der Waals surface area contributed by atoms with Crippen molar-refractivity contribution in [2.45, 2.75) is 21.4 Å². The maximum Gasteiger partial charge on any atom is 0.202 e. The van der Waals surface area contributed by atoms with Crippen LogP contribution in [0.25, 0.3) is 0 Å². The molecule has 0 saturated heterocycles. The number of halogens is 6. The van der Waals surface area contributed by atoms with Crippen molar-refractivity contribution >= 4 is 81.0 Å². The maximum absolute atomic E-state index is 5.97. The van der Waals surface area contributed by atoms with Gasteiger partial charge in [-0.05, 0) is 38.2 Å². The van der Waals surface area contributed by atoms with Crippen LogP contribution in [-0.4, -0.2) is 19.0 Å². The van der Waals surface area contributed by atoms with Gasteiger partial charge < -0.3 is 0 Å².